The van der Waals surface area contributed by atoms with E-state index < -0.39 is 0 Å². The van der Waals surface area contributed by atoms with Crippen LogP contribution < -0.4 is 10.5 Å². The van der Waals surface area contributed by atoms with Gasteiger partial charge in [-0.1, -0.05) is 12.1 Å². The molecule has 1 atom stereocenters. The van der Waals surface area contributed by atoms with Crippen molar-refractivity contribution in [1.82, 2.24) is 9.78 Å². The molecule has 17 heavy (non-hydrogen) atoms. The van der Waals surface area contributed by atoms with Gasteiger partial charge in [-0.15, -0.1) is 0 Å². The first-order valence-electron chi connectivity index (χ1n) is 5.20. The number of nitrogens with two attached hydrogens (primary N) is 1. The molecular formula is C12H14BrN3O. The van der Waals surface area contributed by atoms with E-state index in [1.165, 1.54) is 0 Å². The Kier molecular flexibility index (Phi) is 3.49. The van der Waals surface area contributed by atoms with Crippen molar-refractivity contribution in [2.24, 2.45) is 12.8 Å². The maximum atomic E-state index is 6.22. The molecule has 0 spiro atoms. The number of aromatic nitrogens is 2. The van der Waals surface area contributed by atoms with Crippen molar-refractivity contribution in [2.75, 3.05) is 7.11 Å². The van der Waals surface area contributed by atoms with Crippen LogP contribution in [0.3, 0.4) is 0 Å². The molecule has 0 saturated heterocycles. The average Bonchev–Trinajstić information content (AvgIpc) is 2.68. The summed E-state index contributed by atoms with van der Waals surface area (Å²) >= 11 is 3.46. The maximum absolute atomic E-state index is 6.22. The van der Waals surface area contributed by atoms with Crippen molar-refractivity contribution in [3.63, 3.8) is 0 Å². The molecule has 0 radical (unpaired) electrons. The Labute approximate surface area is 109 Å². The number of ether oxygens (including phenoxy) is 1. The van der Waals surface area contributed by atoms with E-state index in [0.717, 1.165) is 21.5 Å². The van der Waals surface area contributed by atoms with Gasteiger partial charge in [-0.2, -0.15) is 5.10 Å². The Bertz CT molecular complexity index is 487. The van der Waals surface area contributed by atoms with E-state index in [1.54, 1.807) is 18.0 Å². The maximum Gasteiger partial charge on any atom is 0.118 e. The SMILES string of the molecule is COc1ccc(C(N)c2c(Br)cnn2C)cc1. The summed E-state index contributed by atoms with van der Waals surface area (Å²) in [6.07, 6.45) is 1.75. The predicted molar refractivity (Wildman–Crippen MR) is 69.9 cm³/mol. The summed E-state index contributed by atoms with van der Waals surface area (Å²) in [6, 6.07) is 7.52. The standard InChI is InChI=1S/C12H14BrN3O/c1-16-12(10(13)7-15-16)11(14)8-3-5-9(17-2)6-4-8/h3-7,11H,14H2,1-2H3. The van der Waals surface area contributed by atoms with Gasteiger partial charge >= 0.3 is 0 Å². The van der Waals surface area contributed by atoms with E-state index in [-0.39, 0.29) is 6.04 Å². The van der Waals surface area contributed by atoms with Crippen molar-refractivity contribution >= 4 is 15.9 Å². The lowest BCUT2D eigenvalue weighted by Crippen LogP contribution is -2.16. The lowest BCUT2D eigenvalue weighted by molar-refractivity contribution is 0.414. The summed E-state index contributed by atoms with van der Waals surface area (Å²) in [5, 5.41) is 4.16. The van der Waals surface area contributed by atoms with Gasteiger partial charge in [0.05, 0.1) is 29.5 Å². The summed E-state index contributed by atoms with van der Waals surface area (Å²) in [6.45, 7) is 0. The Morgan fingerprint density at radius 1 is 1.35 bits per heavy atom. The van der Waals surface area contributed by atoms with Crippen LogP contribution in [0.25, 0.3) is 0 Å². The predicted octanol–water partition coefficient (Wildman–Crippen LogP) is 2.24. The minimum atomic E-state index is -0.206. The Morgan fingerprint density at radius 2 is 2.00 bits per heavy atom. The van der Waals surface area contributed by atoms with Crippen LogP contribution in [0.15, 0.2) is 34.9 Å². The van der Waals surface area contributed by atoms with Gasteiger partial charge in [0.1, 0.15) is 5.75 Å². The number of rotatable bonds is 3. The van der Waals surface area contributed by atoms with Crippen LogP contribution in [0.4, 0.5) is 0 Å². The van der Waals surface area contributed by atoms with E-state index >= 15 is 0 Å². The molecule has 0 aliphatic rings. The van der Waals surface area contributed by atoms with Crippen molar-refractivity contribution in [2.45, 2.75) is 6.04 Å². The second-order valence-corrected chi connectivity index (χ2v) is 4.61. The Morgan fingerprint density at radius 3 is 2.47 bits per heavy atom. The van der Waals surface area contributed by atoms with E-state index in [4.69, 9.17) is 10.5 Å². The molecule has 4 nitrogen and oxygen atoms in total. The molecule has 1 unspecified atom stereocenters. The highest BCUT2D eigenvalue weighted by Crippen LogP contribution is 2.27. The average molecular weight is 296 g/mol. The highest BCUT2D eigenvalue weighted by molar-refractivity contribution is 9.10. The first kappa shape index (κ1) is 12.1. The number of nitrogens with zero attached hydrogens (tertiary/aromatic N) is 2. The van der Waals surface area contributed by atoms with E-state index in [1.807, 2.05) is 31.3 Å². The van der Waals surface area contributed by atoms with Crippen LogP contribution in [0.1, 0.15) is 17.3 Å². The molecule has 5 heteroatoms. The highest BCUT2D eigenvalue weighted by atomic mass is 79.9. The quantitative estimate of drug-likeness (QED) is 0.945. The third-order valence-corrected chi connectivity index (χ3v) is 3.32. The van der Waals surface area contributed by atoms with Gasteiger partial charge in [-0.25, -0.2) is 0 Å². The monoisotopic (exact) mass is 295 g/mol. The smallest absolute Gasteiger partial charge is 0.118 e. The van der Waals surface area contributed by atoms with Gasteiger partial charge < -0.3 is 10.5 Å². The molecule has 0 fully saturated rings. The normalized spacial score (nSPS) is 12.5. The molecule has 2 aromatic rings. The first-order valence-corrected chi connectivity index (χ1v) is 5.99. The summed E-state index contributed by atoms with van der Waals surface area (Å²) in [5.74, 6) is 0.824. The molecule has 0 amide bonds. The molecule has 0 aliphatic heterocycles. The summed E-state index contributed by atoms with van der Waals surface area (Å²) < 4.78 is 7.82. The molecule has 90 valence electrons. The zero-order chi connectivity index (χ0) is 12.4. The lowest BCUT2D eigenvalue weighted by Gasteiger charge is -2.13. The fourth-order valence-electron chi connectivity index (χ4n) is 1.74. The molecule has 0 aliphatic carbocycles. The minimum Gasteiger partial charge on any atom is -0.497 e. The van der Waals surface area contributed by atoms with Gasteiger partial charge in [0.15, 0.2) is 0 Å². The number of methoxy groups -OCH3 is 1. The fourth-order valence-corrected chi connectivity index (χ4v) is 2.33. The van der Waals surface area contributed by atoms with Gasteiger partial charge in [-0.05, 0) is 33.6 Å². The molecule has 2 rings (SSSR count). The second-order valence-electron chi connectivity index (χ2n) is 3.75. The topological polar surface area (TPSA) is 53.1 Å². The van der Waals surface area contributed by atoms with Crippen molar-refractivity contribution in [3.05, 3.63) is 46.2 Å². The van der Waals surface area contributed by atoms with Crippen LogP contribution in [0.2, 0.25) is 0 Å². The molecule has 1 heterocycles. The lowest BCUT2D eigenvalue weighted by atomic mass is 10.0. The number of halogens is 1. The molecule has 0 bridgehead atoms. The van der Waals surface area contributed by atoms with Gasteiger partial charge in [0.25, 0.3) is 0 Å². The zero-order valence-corrected chi connectivity index (χ0v) is 11.3. The molecule has 2 N–H and O–H groups in total. The highest BCUT2D eigenvalue weighted by Gasteiger charge is 2.16. The molecular weight excluding hydrogens is 282 g/mol. The van der Waals surface area contributed by atoms with Crippen molar-refractivity contribution < 1.29 is 4.74 Å². The fraction of sp³-hybridized carbons (Fsp3) is 0.250. The largest absolute Gasteiger partial charge is 0.497 e. The second kappa shape index (κ2) is 4.89. The first-order chi connectivity index (χ1) is 8.13. The minimum absolute atomic E-state index is 0.206. The van der Waals surface area contributed by atoms with Crippen molar-refractivity contribution in [1.29, 1.82) is 0 Å². The third kappa shape index (κ3) is 2.35. The number of hydrogen-bond acceptors (Lipinski definition) is 3. The molecule has 0 saturated carbocycles. The van der Waals surface area contributed by atoms with Gasteiger partial charge in [0, 0.05) is 7.05 Å². The van der Waals surface area contributed by atoms with Gasteiger partial charge in [-0.3, -0.25) is 4.68 Å². The number of aryl methyl sites for hydroxylation is 1. The van der Waals surface area contributed by atoms with E-state index in [0.29, 0.717) is 0 Å². The number of hydrogen-bond donors (Lipinski definition) is 1. The van der Waals surface area contributed by atoms with E-state index in [9.17, 15) is 0 Å². The van der Waals surface area contributed by atoms with Crippen LogP contribution >= 0.6 is 15.9 Å². The number of benzene rings is 1. The van der Waals surface area contributed by atoms with Crippen molar-refractivity contribution in [3.8, 4) is 5.75 Å². The van der Waals surface area contributed by atoms with Crippen LogP contribution in [0, 0.1) is 0 Å². The van der Waals surface area contributed by atoms with Gasteiger partial charge in [0.2, 0.25) is 0 Å². The summed E-state index contributed by atoms with van der Waals surface area (Å²) in [7, 11) is 3.52. The third-order valence-electron chi connectivity index (χ3n) is 2.71. The summed E-state index contributed by atoms with van der Waals surface area (Å²) in [5.41, 5.74) is 8.20. The Hall–Kier alpha value is -1.33. The van der Waals surface area contributed by atoms with Crippen LogP contribution in [-0.2, 0) is 7.05 Å². The Balaban J connectivity index is 2.33. The summed E-state index contributed by atoms with van der Waals surface area (Å²) in [4.78, 5) is 0. The molecule has 1 aromatic heterocycles. The molecule has 1 aromatic carbocycles. The van der Waals surface area contributed by atoms with Crippen LogP contribution in [-0.4, -0.2) is 16.9 Å². The van der Waals surface area contributed by atoms with Crippen LogP contribution in [0.5, 0.6) is 5.75 Å². The van der Waals surface area contributed by atoms with E-state index in [2.05, 4.69) is 21.0 Å². The zero-order valence-electron chi connectivity index (χ0n) is 9.72.